The van der Waals surface area contributed by atoms with Gasteiger partial charge in [0.25, 0.3) is 5.91 Å². The van der Waals surface area contributed by atoms with Crippen molar-refractivity contribution in [1.29, 1.82) is 0 Å². The summed E-state index contributed by atoms with van der Waals surface area (Å²) >= 11 is 5.92. The molecule has 0 aliphatic carbocycles. The van der Waals surface area contributed by atoms with Gasteiger partial charge in [0.1, 0.15) is 5.75 Å². The smallest absolute Gasteiger partial charge is 0.308 e. The zero-order valence-electron chi connectivity index (χ0n) is 11.8. The molecular weight excluding hydrogens is 294 g/mol. The minimum Gasteiger partial charge on any atom is -0.484 e. The fourth-order valence-corrected chi connectivity index (χ4v) is 2.47. The summed E-state index contributed by atoms with van der Waals surface area (Å²) in [5.41, 5.74) is 0.880. The fraction of sp³-hybridized carbons (Fsp3) is 0.467. The fourth-order valence-electron chi connectivity index (χ4n) is 2.35. The molecule has 6 heteroatoms. The molecule has 1 aromatic carbocycles. The van der Waals surface area contributed by atoms with Gasteiger partial charge < -0.3 is 14.7 Å². The average Bonchev–Trinajstić information content (AvgIpc) is 2.48. The molecule has 1 amide bonds. The van der Waals surface area contributed by atoms with Gasteiger partial charge in [0.05, 0.1) is 5.92 Å². The second kappa shape index (κ2) is 6.80. The molecule has 1 unspecified atom stereocenters. The number of benzene rings is 1. The molecule has 0 radical (unpaired) electrons. The van der Waals surface area contributed by atoms with E-state index >= 15 is 0 Å². The second-order valence-electron chi connectivity index (χ2n) is 5.22. The number of aliphatic carboxylic acids is 1. The first-order valence-electron chi connectivity index (χ1n) is 6.87. The summed E-state index contributed by atoms with van der Waals surface area (Å²) < 4.78 is 5.46. The molecule has 1 fully saturated rings. The third kappa shape index (κ3) is 4.11. The van der Waals surface area contributed by atoms with Crippen molar-refractivity contribution >= 4 is 23.5 Å². The molecule has 0 spiro atoms. The topological polar surface area (TPSA) is 66.8 Å². The van der Waals surface area contributed by atoms with Crippen LogP contribution < -0.4 is 4.74 Å². The molecule has 1 heterocycles. The largest absolute Gasteiger partial charge is 0.484 e. The summed E-state index contributed by atoms with van der Waals surface area (Å²) in [6.07, 6.45) is 1.33. The Labute approximate surface area is 128 Å². The normalized spacial score (nSPS) is 18.4. The quantitative estimate of drug-likeness (QED) is 0.927. The number of hydrogen-bond acceptors (Lipinski definition) is 3. The van der Waals surface area contributed by atoms with Gasteiger partial charge in [-0.25, -0.2) is 0 Å². The maximum atomic E-state index is 12.1. The van der Waals surface area contributed by atoms with Crippen molar-refractivity contribution in [2.75, 3.05) is 19.7 Å². The lowest BCUT2D eigenvalue weighted by Gasteiger charge is -2.30. The lowest BCUT2D eigenvalue weighted by molar-refractivity contribution is -0.146. The van der Waals surface area contributed by atoms with Crippen molar-refractivity contribution in [3.8, 4) is 5.75 Å². The van der Waals surface area contributed by atoms with Gasteiger partial charge in [-0.2, -0.15) is 0 Å². The van der Waals surface area contributed by atoms with Gasteiger partial charge >= 0.3 is 5.97 Å². The summed E-state index contributed by atoms with van der Waals surface area (Å²) in [5, 5.41) is 9.67. The third-order valence-corrected chi connectivity index (χ3v) is 4.04. The SMILES string of the molecule is Cc1cc(OCC(=O)N2CCCC(C(=O)O)C2)ccc1Cl. The maximum absolute atomic E-state index is 12.1. The Morgan fingerprint density at radius 3 is 2.90 bits per heavy atom. The van der Waals surface area contributed by atoms with Crippen LogP contribution >= 0.6 is 11.6 Å². The molecule has 1 aliphatic rings. The van der Waals surface area contributed by atoms with Crippen molar-refractivity contribution in [2.45, 2.75) is 19.8 Å². The van der Waals surface area contributed by atoms with Gasteiger partial charge in [0, 0.05) is 18.1 Å². The van der Waals surface area contributed by atoms with Crippen LogP contribution in [0, 0.1) is 12.8 Å². The molecule has 114 valence electrons. The number of halogens is 1. The minimum atomic E-state index is -0.846. The van der Waals surface area contributed by atoms with Crippen molar-refractivity contribution in [3.05, 3.63) is 28.8 Å². The Hall–Kier alpha value is -1.75. The second-order valence-corrected chi connectivity index (χ2v) is 5.62. The summed E-state index contributed by atoms with van der Waals surface area (Å²) in [4.78, 5) is 24.6. The maximum Gasteiger partial charge on any atom is 0.308 e. The van der Waals surface area contributed by atoms with Crippen LogP contribution in [0.5, 0.6) is 5.75 Å². The first kappa shape index (κ1) is 15.6. The van der Waals surface area contributed by atoms with E-state index < -0.39 is 11.9 Å². The molecule has 0 saturated carbocycles. The average molecular weight is 312 g/mol. The number of amides is 1. The highest BCUT2D eigenvalue weighted by Crippen LogP contribution is 2.21. The van der Waals surface area contributed by atoms with E-state index in [2.05, 4.69) is 0 Å². The van der Waals surface area contributed by atoms with E-state index in [-0.39, 0.29) is 19.1 Å². The molecule has 1 atom stereocenters. The Bertz CT molecular complexity index is 546. The van der Waals surface area contributed by atoms with E-state index in [9.17, 15) is 9.59 Å². The number of carbonyl (C=O) groups is 2. The van der Waals surface area contributed by atoms with E-state index in [0.29, 0.717) is 30.2 Å². The predicted molar refractivity (Wildman–Crippen MR) is 78.6 cm³/mol. The van der Waals surface area contributed by atoms with Gasteiger partial charge in [-0.3, -0.25) is 9.59 Å². The summed E-state index contributed by atoms with van der Waals surface area (Å²) in [6.45, 7) is 2.62. The molecule has 1 aliphatic heterocycles. The van der Waals surface area contributed by atoms with E-state index in [4.69, 9.17) is 21.4 Å². The van der Waals surface area contributed by atoms with Crippen LogP contribution in [0.15, 0.2) is 18.2 Å². The molecular formula is C15H18ClNO4. The summed E-state index contributed by atoms with van der Waals surface area (Å²) in [7, 11) is 0. The van der Waals surface area contributed by atoms with E-state index in [1.807, 2.05) is 6.92 Å². The Kier molecular flexibility index (Phi) is 5.07. The third-order valence-electron chi connectivity index (χ3n) is 3.62. The molecule has 0 bridgehead atoms. The number of aryl methyl sites for hydroxylation is 1. The molecule has 1 saturated heterocycles. The number of rotatable bonds is 4. The molecule has 1 aromatic rings. The highest BCUT2D eigenvalue weighted by Gasteiger charge is 2.28. The number of hydrogen-bond donors (Lipinski definition) is 1. The Morgan fingerprint density at radius 2 is 2.24 bits per heavy atom. The van der Waals surface area contributed by atoms with Gasteiger partial charge in [-0.05, 0) is 43.5 Å². The molecule has 1 N–H and O–H groups in total. The zero-order valence-corrected chi connectivity index (χ0v) is 12.6. The minimum absolute atomic E-state index is 0.0899. The number of ether oxygens (including phenoxy) is 1. The zero-order chi connectivity index (χ0) is 15.4. The number of carboxylic acids is 1. The van der Waals surface area contributed by atoms with Crippen LogP contribution in [0.25, 0.3) is 0 Å². The predicted octanol–water partition coefficient (Wildman–Crippen LogP) is 2.35. The molecule has 0 aromatic heterocycles. The number of nitrogens with zero attached hydrogens (tertiary/aromatic N) is 1. The van der Waals surface area contributed by atoms with Crippen LogP contribution in [0.3, 0.4) is 0 Å². The van der Waals surface area contributed by atoms with Crippen LogP contribution in [-0.4, -0.2) is 41.6 Å². The van der Waals surface area contributed by atoms with Crippen molar-refractivity contribution in [1.82, 2.24) is 4.90 Å². The van der Waals surface area contributed by atoms with Crippen LogP contribution in [0.1, 0.15) is 18.4 Å². The van der Waals surface area contributed by atoms with Crippen LogP contribution in [0.4, 0.5) is 0 Å². The van der Waals surface area contributed by atoms with Gasteiger partial charge in [-0.1, -0.05) is 11.6 Å². The lowest BCUT2D eigenvalue weighted by Crippen LogP contribution is -2.44. The van der Waals surface area contributed by atoms with Gasteiger partial charge in [0.2, 0.25) is 0 Å². The molecule has 5 nitrogen and oxygen atoms in total. The lowest BCUT2D eigenvalue weighted by atomic mass is 9.98. The first-order valence-corrected chi connectivity index (χ1v) is 7.24. The van der Waals surface area contributed by atoms with E-state index in [1.165, 1.54) is 0 Å². The molecule has 2 rings (SSSR count). The molecule has 21 heavy (non-hydrogen) atoms. The van der Waals surface area contributed by atoms with Crippen molar-refractivity contribution in [3.63, 3.8) is 0 Å². The summed E-state index contributed by atoms with van der Waals surface area (Å²) in [5.74, 6) is -0.923. The van der Waals surface area contributed by atoms with Crippen LogP contribution in [0.2, 0.25) is 5.02 Å². The summed E-state index contributed by atoms with van der Waals surface area (Å²) in [6, 6.07) is 5.20. The van der Waals surface area contributed by atoms with Crippen molar-refractivity contribution in [2.24, 2.45) is 5.92 Å². The van der Waals surface area contributed by atoms with Gasteiger partial charge in [-0.15, -0.1) is 0 Å². The standard InChI is InChI=1S/C15H18ClNO4/c1-10-7-12(4-5-13(10)16)21-9-14(18)17-6-2-3-11(8-17)15(19)20/h4-5,7,11H,2-3,6,8-9H2,1H3,(H,19,20). The van der Waals surface area contributed by atoms with Gasteiger partial charge in [0.15, 0.2) is 6.61 Å². The number of carboxylic acid groups (broad SMARTS) is 1. The van der Waals surface area contributed by atoms with Crippen molar-refractivity contribution < 1.29 is 19.4 Å². The number of likely N-dealkylation sites (tertiary alicyclic amines) is 1. The Morgan fingerprint density at radius 1 is 1.48 bits per heavy atom. The van der Waals surface area contributed by atoms with E-state index in [1.54, 1.807) is 23.1 Å². The number of carbonyl (C=O) groups excluding carboxylic acids is 1. The highest BCUT2D eigenvalue weighted by molar-refractivity contribution is 6.31. The Balaban J connectivity index is 1.89. The monoisotopic (exact) mass is 311 g/mol. The highest BCUT2D eigenvalue weighted by atomic mass is 35.5. The first-order chi connectivity index (χ1) is 9.97. The number of piperidine rings is 1. The van der Waals surface area contributed by atoms with E-state index in [0.717, 1.165) is 5.56 Å². The van der Waals surface area contributed by atoms with Crippen LogP contribution in [-0.2, 0) is 9.59 Å².